The number of alkyl halides is 3. The molecule has 1 aromatic heterocycles. The fraction of sp³-hybridized carbons (Fsp3) is 0.281. The summed E-state index contributed by atoms with van der Waals surface area (Å²) < 4.78 is 43.5. The number of aryl methyl sites for hydroxylation is 1. The highest BCUT2D eigenvalue weighted by Crippen LogP contribution is 2.33. The summed E-state index contributed by atoms with van der Waals surface area (Å²) in [6.45, 7) is 8.80. The lowest BCUT2D eigenvalue weighted by atomic mass is 10.0. The van der Waals surface area contributed by atoms with E-state index >= 15 is 0 Å². The molecule has 12 heteroatoms. The molecule has 44 heavy (non-hydrogen) atoms. The Hall–Kier alpha value is -5.00. The van der Waals surface area contributed by atoms with Crippen LogP contribution in [0.15, 0.2) is 72.9 Å². The van der Waals surface area contributed by atoms with Crippen molar-refractivity contribution in [3.05, 3.63) is 89.6 Å². The Kier molecular flexibility index (Phi) is 11.4. The van der Waals surface area contributed by atoms with Crippen molar-refractivity contribution in [3.8, 4) is 11.5 Å². The number of fused-ring (bicyclic) bond motifs is 1. The second-order valence-electron chi connectivity index (χ2n) is 10.0. The van der Waals surface area contributed by atoms with Gasteiger partial charge in [0.1, 0.15) is 11.9 Å². The third-order valence-corrected chi connectivity index (χ3v) is 6.12. The first-order valence-corrected chi connectivity index (χ1v) is 13.8. The number of carboxylic acid groups (broad SMARTS) is 1. The van der Waals surface area contributed by atoms with Crippen molar-refractivity contribution in [1.29, 1.82) is 0 Å². The third kappa shape index (κ3) is 9.51. The number of rotatable bonds is 10. The second kappa shape index (κ2) is 14.9. The molecule has 3 aromatic carbocycles. The third-order valence-electron chi connectivity index (χ3n) is 6.12. The highest BCUT2D eigenvalue weighted by molar-refractivity contribution is 5.94. The van der Waals surface area contributed by atoms with E-state index in [4.69, 9.17) is 25.1 Å². The maximum atomic E-state index is 13.6. The average molecular weight is 613 g/mol. The van der Waals surface area contributed by atoms with E-state index in [2.05, 4.69) is 21.7 Å². The normalized spacial score (nSPS) is 11.7. The standard InChI is InChI=1S/C30H34N4O3.C2HF3O2/c1-5-36-27-17-23(9-12-26(27)37-19(2)3)28(30(35)33-18-21-8-6-7-20(4)15-21)34-24-10-11-25-22(16-24)13-14-32-29(25)31;3-2(4,5)1(6)7/h6-17,19,28,34H,5,18H2,1-4H3,(H2,31,32)(H,33,35);(H,6,7). The predicted octanol–water partition coefficient (Wildman–Crippen LogP) is 6.41. The van der Waals surface area contributed by atoms with Crippen LogP contribution in [0.1, 0.15) is 43.5 Å². The lowest BCUT2D eigenvalue weighted by molar-refractivity contribution is -0.192. The summed E-state index contributed by atoms with van der Waals surface area (Å²) in [5.41, 5.74) is 9.76. The zero-order valence-corrected chi connectivity index (χ0v) is 24.7. The molecular weight excluding hydrogens is 577 g/mol. The summed E-state index contributed by atoms with van der Waals surface area (Å²) in [5.74, 6) is -1.19. The Labute approximate surface area is 253 Å². The molecule has 0 spiro atoms. The van der Waals surface area contributed by atoms with Gasteiger partial charge in [-0.3, -0.25) is 4.79 Å². The van der Waals surface area contributed by atoms with Gasteiger partial charge in [-0.1, -0.05) is 35.9 Å². The molecule has 1 atom stereocenters. The van der Waals surface area contributed by atoms with E-state index in [1.165, 1.54) is 0 Å². The number of nitrogens with two attached hydrogens (primary N) is 1. The van der Waals surface area contributed by atoms with Crippen LogP contribution in [0, 0.1) is 6.92 Å². The van der Waals surface area contributed by atoms with E-state index in [0.717, 1.165) is 33.2 Å². The van der Waals surface area contributed by atoms with Crippen LogP contribution in [-0.4, -0.2) is 40.9 Å². The minimum absolute atomic E-state index is 0.00358. The minimum atomic E-state index is -5.08. The predicted molar refractivity (Wildman–Crippen MR) is 163 cm³/mol. The maximum absolute atomic E-state index is 13.6. The molecule has 0 aliphatic heterocycles. The largest absolute Gasteiger partial charge is 0.490 e. The number of nitrogens with zero attached hydrogens (tertiary/aromatic N) is 1. The number of halogens is 3. The average Bonchev–Trinajstić information content (AvgIpc) is 2.95. The number of aromatic nitrogens is 1. The number of pyridine rings is 1. The molecule has 1 heterocycles. The summed E-state index contributed by atoms with van der Waals surface area (Å²) in [6, 6.07) is 20.7. The Balaban J connectivity index is 0.000000676. The van der Waals surface area contributed by atoms with E-state index in [-0.39, 0.29) is 12.0 Å². The maximum Gasteiger partial charge on any atom is 0.490 e. The van der Waals surface area contributed by atoms with Gasteiger partial charge in [0.25, 0.3) is 0 Å². The molecule has 4 rings (SSSR count). The number of anilines is 2. The summed E-state index contributed by atoms with van der Waals surface area (Å²) in [5, 5.41) is 15.4. The van der Waals surface area contributed by atoms with E-state index in [9.17, 15) is 18.0 Å². The molecule has 0 saturated carbocycles. The lowest BCUT2D eigenvalue weighted by Crippen LogP contribution is -2.33. The van der Waals surface area contributed by atoms with Crippen molar-refractivity contribution in [2.75, 3.05) is 17.7 Å². The molecule has 234 valence electrons. The van der Waals surface area contributed by atoms with Crippen LogP contribution >= 0.6 is 0 Å². The number of carboxylic acids is 1. The molecule has 0 fully saturated rings. The molecule has 1 amide bonds. The quantitative estimate of drug-likeness (QED) is 0.161. The first-order chi connectivity index (χ1) is 20.8. The van der Waals surface area contributed by atoms with Crippen molar-refractivity contribution in [2.45, 2.75) is 52.6 Å². The Morgan fingerprint density at radius 1 is 1.02 bits per heavy atom. The number of aliphatic carboxylic acids is 1. The molecule has 5 N–H and O–H groups in total. The summed E-state index contributed by atoms with van der Waals surface area (Å²) in [4.78, 5) is 26.6. The van der Waals surface area contributed by atoms with Gasteiger partial charge in [-0.05, 0) is 80.6 Å². The number of nitrogens with one attached hydrogen (secondary N) is 2. The zero-order chi connectivity index (χ0) is 32.4. The molecule has 0 saturated heterocycles. The molecule has 0 aliphatic rings. The molecule has 9 nitrogen and oxygen atoms in total. The lowest BCUT2D eigenvalue weighted by Gasteiger charge is -2.22. The molecule has 1 unspecified atom stereocenters. The van der Waals surface area contributed by atoms with Crippen molar-refractivity contribution in [2.24, 2.45) is 0 Å². The topological polar surface area (TPSA) is 136 Å². The number of nitrogen functional groups attached to an aromatic ring is 1. The van der Waals surface area contributed by atoms with E-state index in [1.54, 1.807) is 6.20 Å². The van der Waals surface area contributed by atoms with Gasteiger partial charge in [0.15, 0.2) is 11.5 Å². The Morgan fingerprint density at radius 2 is 1.75 bits per heavy atom. The van der Waals surface area contributed by atoms with Gasteiger partial charge in [0.05, 0.1) is 12.7 Å². The van der Waals surface area contributed by atoms with Gasteiger partial charge in [0.2, 0.25) is 5.91 Å². The number of hydrogen-bond donors (Lipinski definition) is 4. The highest BCUT2D eigenvalue weighted by Gasteiger charge is 2.38. The van der Waals surface area contributed by atoms with Crippen LogP contribution in [0.25, 0.3) is 10.8 Å². The minimum Gasteiger partial charge on any atom is -0.490 e. The Bertz CT molecular complexity index is 1590. The molecular formula is C32H35F3N4O5. The number of amides is 1. The van der Waals surface area contributed by atoms with Crippen LogP contribution in [0.2, 0.25) is 0 Å². The van der Waals surface area contributed by atoms with Crippen molar-refractivity contribution in [1.82, 2.24) is 10.3 Å². The summed E-state index contributed by atoms with van der Waals surface area (Å²) in [7, 11) is 0. The van der Waals surface area contributed by atoms with Crippen molar-refractivity contribution in [3.63, 3.8) is 0 Å². The van der Waals surface area contributed by atoms with Crippen LogP contribution in [0.5, 0.6) is 11.5 Å². The van der Waals surface area contributed by atoms with Gasteiger partial charge in [0, 0.05) is 23.8 Å². The highest BCUT2D eigenvalue weighted by atomic mass is 19.4. The van der Waals surface area contributed by atoms with E-state index in [1.807, 2.05) is 88.4 Å². The van der Waals surface area contributed by atoms with Gasteiger partial charge < -0.3 is 30.9 Å². The van der Waals surface area contributed by atoms with Crippen LogP contribution in [-0.2, 0) is 16.1 Å². The van der Waals surface area contributed by atoms with Gasteiger partial charge in [-0.25, -0.2) is 9.78 Å². The van der Waals surface area contributed by atoms with Gasteiger partial charge in [-0.2, -0.15) is 13.2 Å². The second-order valence-corrected chi connectivity index (χ2v) is 10.0. The van der Waals surface area contributed by atoms with Gasteiger partial charge >= 0.3 is 12.1 Å². The summed E-state index contributed by atoms with van der Waals surface area (Å²) >= 11 is 0. The fourth-order valence-corrected chi connectivity index (χ4v) is 4.20. The number of hydrogen-bond acceptors (Lipinski definition) is 7. The number of ether oxygens (including phenoxy) is 2. The molecule has 0 bridgehead atoms. The van der Waals surface area contributed by atoms with Crippen molar-refractivity contribution < 1.29 is 37.3 Å². The smallest absolute Gasteiger partial charge is 0.490 e. The first-order valence-electron chi connectivity index (χ1n) is 13.8. The molecule has 0 aliphatic carbocycles. The van der Waals surface area contributed by atoms with E-state index < -0.39 is 18.2 Å². The summed E-state index contributed by atoms with van der Waals surface area (Å²) in [6.07, 6.45) is -3.41. The number of carbonyl (C=O) groups is 2. The number of benzene rings is 3. The van der Waals surface area contributed by atoms with Crippen LogP contribution < -0.4 is 25.8 Å². The SMILES string of the molecule is CCOc1cc(C(Nc2ccc3c(N)nccc3c2)C(=O)NCc2cccc(C)c2)ccc1OC(C)C.O=C(O)C(F)(F)F. The van der Waals surface area contributed by atoms with Crippen LogP contribution in [0.3, 0.4) is 0 Å². The fourth-order valence-electron chi connectivity index (χ4n) is 4.20. The number of carbonyl (C=O) groups excluding carboxylic acids is 1. The first kappa shape index (κ1) is 33.5. The van der Waals surface area contributed by atoms with Crippen molar-refractivity contribution >= 4 is 34.2 Å². The van der Waals surface area contributed by atoms with Gasteiger partial charge in [-0.15, -0.1) is 0 Å². The zero-order valence-electron chi connectivity index (χ0n) is 24.7. The van der Waals surface area contributed by atoms with E-state index in [0.29, 0.717) is 30.5 Å². The molecule has 0 radical (unpaired) electrons. The molecule has 4 aromatic rings. The van der Waals surface area contributed by atoms with Crippen LogP contribution in [0.4, 0.5) is 24.7 Å². The monoisotopic (exact) mass is 612 g/mol. The Morgan fingerprint density at radius 3 is 2.39 bits per heavy atom.